The van der Waals surface area contributed by atoms with Gasteiger partial charge in [-0.15, -0.1) is 0 Å². The summed E-state index contributed by atoms with van der Waals surface area (Å²) in [5, 5.41) is 3.32. The van der Waals surface area contributed by atoms with Gasteiger partial charge in [-0.05, 0) is 26.0 Å². The Labute approximate surface area is 84.5 Å². The van der Waals surface area contributed by atoms with E-state index in [2.05, 4.69) is 10.3 Å². The third-order valence-electron chi connectivity index (χ3n) is 2.49. The second-order valence-corrected chi connectivity index (χ2v) is 3.79. The third-order valence-corrected chi connectivity index (χ3v) is 2.49. The number of rotatable bonds is 3. The van der Waals surface area contributed by atoms with Gasteiger partial charge >= 0.3 is 0 Å². The molecule has 0 saturated carbocycles. The Bertz CT molecular complexity index is 295. The van der Waals surface area contributed by atoms with Crippen LogP contribution < -0.4 is 10.1 Å². The Morgan fingerprint density at radius 2 is 2.50 bits per heavy atom. The average Bonchev–Trinajstić information content (AvgIpc) is 2.67. The van der Waals surface area contributed by atoms with Crippen molar-refractivity contribution in [2.45, 2.75) is 13.3 Å². The van der Waals surface area contributed by atoms with Crippen LogP contribution in [0.1, 0.15) is 12.1 Å². The summed E-state index contributed by atoms with van der Waals surface area (Å²) < 4.78 is 5.62. The number of pyridine rings is 1. The Kier molecular flexibility index (Phi) is 2.99. The predicted octanol–water partition coefficient (Wildman–Crippen LogP) is 1.38. The van der Waals surface area contributed by atoms with E-state index in [1.54, 1.807) is 0 Å². The van der Waals surface area contributed by atoms with Gasteiger partial charge in [-0.1, -0.05) is 6.07 Å². The number of aromatic nitrogens is 1. The highest BCUT2D eigenvalue weighted by atomic mass is 16.5. The van der Waals surface area contributed by atoms with Crippen molar-refractivity contribution < 1.29 is 4.74 Å². The van der Waals surface area contributed by atoms with Crippen molar-refractivity contribution in [3.8, 4) is 5.88 Å². The van der Waals surface area contributed by atoms with Crippen LogP contribution in [0.3, 0.4) is 0 Å². The van der Waals surface area contributed by atoms with E-state index in [1.807, 2.05) is 25.1 Å². The molecule has 0 radical (unpaired) electrons. The van der Waals surface area contributed by atoms with Crippen molar-refractivity contribution in [3.05, 3.63) is 23.9 Å². The summed E-state index contributed by atoms with van der Waals surface area (Å²) >= 11 is 0. The maximum Gasteiger partial charge on any atom is 0.213 e. The second-order valence-electron chi connectivity index (χ2n) is 3.79. The molecule has 1 N–H and O–H groups in total. The minimum Gasteiger partial charge on any atom is -0.477 e. The lowest BCUT2D eigenvalue weighted by atomic mass is 10.1. The Morgan fingerprint density at radius 3 is 3.21 bits per heavy atom. The minimum atomic E-state index is 0.650. The van der Waals surface area contributed by atoms with Crippen LogP contribution in [0.2, 0.25) is 0 Å². The standard InChI is InChI=1S/C11H16N2O/c1-9-3-2-4-11(13-9)14-8-10-5-6-12-7-10/h2-4,10,12H,5-8H2,1H3/t10-/m1/s1. The molecule has 0 unspecified atom stereocenters. The minimum absolute atomic E-state index is 0.650. The maximum atomic E-state index is 5.62. The highest BCUT2D eigenvalue weighted by molar-refractivity contribution is 5.14. The fourth-order valence-electron chi connectivity index (χ4n) is 1.66. The third kappa shape index (κ3) is 2.45. The lowest BCUT2D eigenvalue weighted by Gasteiger charge is -2.09. The lowest BCUT2D eigenvalue weighted by molar-refractivity contribution is 0.250. The van der Waals surface area contributed by atoms with Crippen LogP contribution in [0.25, 0.3) is 0 Å². The fourth-order valence-corrected chi connectivity index (χ4v) is 1.66. The van der Waals surface area contributed by atoms with Crippen LogP contribution in [-0.2, 0) is 0 Å². The highest BCUT2D eigenvalue weighted by Gasteiger charge is 2.14. The van der Waals surface area contributed by atoms with Crippen molar-refractivity contribution in [1.29, 1.82) is 0 Å². The molecule has 2 heterocycles. The van der Waals surface area contributed by atoms with Gasteiger partial charge in [0.25, 0.3) is 0 Å². The first-order chi connectivity index (χ1) is 6.84. The Hall–Kier alpha value is -1.09. The highest BCUT2D eigenvalue weighted by Crippen LogP contribution is 2.12. The molecule has 1 aliphatic heterocycles. The first kappa shape index (κ1) is 9.46. The van der Waals surface area contributed by atoms with E-state index < -0.39 is 0 Å². The van der Waals surface area contributed by atoms with Gasteiger partial charge in [0.15, 0.2) is 0 Å². The molecule has 3 heteroatoms. The maximum absolute atomic E-state index is 5.62. The van der Waals surface area contributed by atoms with Crippen LogP contribution in [-0.4, -0.2) is 24.7 Å². The molecule has 1 atom stereocenters. The molecule has 0 amide bonds. The van der Waals surface area contributed by atoms with Gasteiger partial charge in [0.1, 0.15) is 0 Å². The van der Waals surface area contributed by atoms with E-state index in [-0.39, 0.29) is 0 Å². The molecule has 76 valence electrons. The van der Waals surface area contributed by atoms with Crippen LogP contribution in [0.5, 0.6) is 5.88 Å². The van der Waals surface area contributed by atoms with E-state index in [4.69, 9.17) is 4.74 Å². The van der Waals surface area contributed by atoms with E-state index in [1.165, 1.54) is 6.42 Å². The van der Waals surface area contributed by atoms with Gasteiger partial charge in [-0.2, -0.15) is 0 Å². The summed E-state index contributed by atoms with van der Waals surface area (Å²) in [5.74, 6) is 1.40. The van der Waals surface area contributed by atoms with Crippen LogP contribution in [0.4, 0.5) is 0 Å². The summed E-state index contributed by atoms with van der Waals surface area (Å²) in [5.41, 5.74) is 1.01. The zero-order chi connectivity index (χ0) is 9.80. The van der Waals surface area contributed by atoms with Gasteiger partial charge in [-0.25, -0.2) is 4.98 Å². The van der Waals surface area contributed by atoms with Crippen molar-refractivity contribution in [3.63, 3.8) is 0 Å². The monoisotopic (exact) mass is 192 g/mol. The normalized spacial score (nSPS) is 21.1. The van der Waals surface area contributed by atoms with Gasteiger partial charge in [-0.3, -0.25) is 0 Å². The second kappa shape index (κ2) is 4.42. The molecule has 0 aliphatic carbocycles. The quantitative estimate of drug-likeness (QED) is 0.785. The zero-order valence-corrected chi connectivity index (χ0v) is 8.49. The van der Waals surface area contributed by atoms with Crippen LogP contribution in [0, 0.1) is 12.8 Å². The largest absolute Gasteiger partial charge is 0.477 e. The first-order valence-electron chi connectivity index (χ1n) is 5.12. The summed E-state index contributed by atoms with van der Waals surface area (Å²) in [6, 6.07) is 5.87. The van der Waals surface area contributed by atoms with Gasteiger partial charge < -0.3 is 10.1 Å². The summed E-state index contributed by atoms with van der Waals surface area (Å²) in [6.07, 6.45) is 1.21. The summed E-state index contributed by atoms with van der Waals surface area (Å²) in [7, 11) is 0. The van der Waals surface area contributed by atoms with Crippen molar-refractivity contribution in [2.75, 3.05) is 19.7 Å². The van der Waals surface area contributed by atoms with E-state index >= 15 is 0 Å². The Morgan fingerprint density at radius 1 is 1.57 bits per heavy atom. The summed E-state index contributed by atoms with van der Waals surface area (Å²) in [6.45, 7) is 4.95. The molecular formula is C11H16N2O. The molecule has 1 aromatic rings. The number of nitrogens with zero attached hydrogens (tertiary/aromatic N) is 1. The lowest BCUT2D eigenvalue weighted by Crippen LogP contribution is -2.15. The number of hydrogen-bond acceptors (Lipinski definition) is 3. The number of hydrogen-bond donors (Lipinski definition) is 1. The number of ether oxygens (including phenoxy) is 1. The van der Waals surface area contributed by atoms with Crippen molar-refractivity contribution in [1.82, 2.24) is 10.3 Å². The van der Waals surface area contributed by atoms with Crippen molar-refractivity contribution in [2.24, 2.45) is 5.92 Å². The van der Waals surface area contributed by atoms with E-state index in [0.717, 1.165) is 31.3 Å². The predicted molar refractivity (Wildman–Crippen MR) is 55.4 cm³/mol. The SMILES string of the molecule is Cc1cccc(OC[C@@H]2CCNC2)n1. The molecule has 1 aliphatic rings. The molecule has 3 nitrogen and oxygen atoms in total. The molecule has 0 bridgehead atoms. The molecule has 1 fully saturated rings. The molecule has 0 aromatic carbocycles. The smallest absolute Gasteiger partial charge is 0.213 e. The average molecular weight is 192 g/mol. The fraction of sp³-hybridized carbons (Fsp3) is 0.545. The van der Waals surface area contributed by atoms with E-state index in [0.29, 0.717) is 5.92 Å². The zero-order valence-electron chi connectivity index (χ0n) is 8.49. The number of nitrogens with one attached hydrogen (secondary N) is 1. The topological polar surface area (TPSA) is 34.1 Å². The van der Waals surface area contributed by atoms with Gasteiger partial charge in [0.2, 0.25) is 5.88 Å². The van der Waals surface area contributed by atoms with Crippen LogP contribution in [0.15, 0.2) is 18.2 Å². The molecule has 14 heavy (non-hydrogen) atoms. The molecule has 1 saturated heterocycles. The first-order valence-corrected chi connectivity index (χ1v) is 5.12. The molecule has 2 rings (SSSR count). The number of aryl methyl sites for hydroxylation is 1. The van der Waals surface area contributed by atoms with Crippen molar-refractivity contribution >= 4 is 0 Å². The van der Waals surface area contributed by atoms with Gasteiger partial charge in [0.05, 0.1) is 6.61 Å². The van der Waals surface area contributed by atoms with E-state index in [9.17, 15) is 0 Å². The molecule has 0 spiro atoms. The molecule has 1 aromatic heterocycles. The summed E-state index contributed by atoms with van der Waals surface area (Å²) in [4.78, 5) is 4.29. The Balaban J connectivity index is 1.85. The van der Waals surface area contributed by atoms with Crippen LogP contribution >= 0.6 is 0 Å². The van der Waals surface area contributed by atoms with Gasteiger partial charge in [0, 0.05) is 24.2 Å². The molecular weight excluding hydrogens is 176 g/mol.